The van der Waals surface area contributed by atoms with E-state index in [1.165, 1.54) is 69.8 Å². The van der Waals surface area contributed by atoms with Crippen LogP contribution in [0.4, 0.5) is 0 Å². The molecule has 0 heterocycles. The highest BCUT2D eigenvalue weighted by molar-refractivity contribution is 5.88. The van der Waals surface area contributed by atoms with Gasteiger partial charge in [0.1, 0.15) is 6.10 Å². The largest absolute Gasteiger partial charge is 0.373 e. The van der Waals surface area contributed by atoms with Crippen molar-refractivity contribution in [2.45, 2.75) is 109 Å². The van der Waals surface area contributed by atoms with Crippen LogP contribution in [-0.4, -0.2) is 12.1 Å². The van der Waals surface area contributed by atoms with Gasteiger partial charge in [0.2, 0.25) is 0 Å². The summed E-state index contributed by atoms with van der Waals surface area (Å²) < 4.78 is 0. The minimum Gasteiger partial charge on any atom is -0.293 e. The minimum atomic E-state index is -0.374. The summed E-state index contributed by atoms with van der Waals surface area (Å²) in [5.41, 5.74) is 1.85. The SMILES string of the molecule is CCCCCc1ccc(C(=O)OOC2CCCCCCCCCCC2)cc1. The average molecular weight is 375 g/mol. The van der Waals surface area contributed by atoms with E-state index in [2.05, 4.69) is 6.92 Å². The first-order chi connectivity index (χ1) is 13.3. The lowest BCUT2D eigenvalue weighted by molar-refractivity contribution is -0.277. The molecule has 2 rings (SSSR count). The van der Waals surface area contributed by atoms with Crippen molar-refractivity contribution in [2.75, 3.05) is 0 Å². The Balaban J connectivity index is 1.75. The van der Waals surface area contributed by atoms with Gasteiger partial charge in [-0.25, -0.2) is 4.79 Å². The van der Waals surface area contributed by atoms with Crippen molar-refractivity contribution < 1.29 is 14.6 Å². The van der Waals surface area contributed by atoms with Gasteiger partial charge in [0, 0.05) is 0 Å². The van der Waals surface area contributed by atoms with Crippen LogP contribution in [0.25, 0.3) is 0 Å². The van der Waals surface area contributed by atoms with E-state index in [-0.39, 0.29) is 12.1 Å². The van der Waals surface area contributed by atoms with Crippen LogP contribution in [0.1, 0.15) is 113 Å². The van der Waals surface area contributed by atoms with E-state index in [4.69, 9.17) is 9.78 Å². The third-order valence-corrected chi connectivity index (χ3v) is 5.57. The highest BCUT2D eigenvalue weighted by atomic mass is 17.2. The normalized spacial score (nSPS) is 17.7. The van der Waals surface area contributed by atoms with Crippen LogP contribution in [0, 0.1) is 0 Å². The number of benzene rings is 1. The molecule has 0 N–H and O–H groups in total. The summed E-state index contributed by atoms with van der Waals surface area (Å²) >= 11 is 0. The summed E-state index contributed by atoms with van der Waals surface area (Å²) in [6.07, 6.45) is 18.3. The molecular weight excluding hydrogens is 336 g/mol. The number of carbonyl (C=O) groups is 1. The smallest absolute Gasteiger partial charge is 0.293 e. The number of aryl methyl sites for hydroxylation is 1. The summed E-state index contributed by atoms with van der Waals surface area (Å²) in [6.45, 7) is 2.21. The quantitative estimate of drug-likeness (QED) is 0.288. The van der Waals surface area contributed by atoms with E-state index >= 15 is 0 Å². The Morgan fingerprint density at radius 2 is 1.41 bits per heavy atom. The number of hydrogen-bond donors (Lipinski definition) is 0. The molecule has 3 heteroatoms. The molecule has 0 amide bonds. The fraction of sp³-hybridized carbons (Fsp3) is 0.708. The van der Waals surface area contributed by atoms with Crippen molar-refractivity contribution in [1.82, 2.24) is 0 Å². The number of unbranched alkanes of at least 4 members (excludes halogenated alkanes) is 2. The zero-order valence-electron chi connectivity index (χ0n) is 17.2. The summed E-state index contributed by atoms with van der Waals surface area (Å²) in [5.74, 6) is -0.374. The topological polar surface area (TPSA) is 35.5 Å². The monoisotopic (exact) mass is 374 g/mol. The second kappa shape index (κ2) is 13.8. The van der Waals surface area contributed by atoms with Crippen molar-refractivity contribution in [3.05, 3.63) is 35.4 Å². The Hall–Kier alpha value is -1.35. The number of carbonyl (C=O) groups excluding carboxylic acids is 1. The maximum Gasteiger partial charge on any atom is 0.373 e. The van der Waals surface area contributed by atoms with Crippen LogP contribution in [-0.2, 0) is 16.2 Å². The number of rotatable bonds is 7. The number of hydrogen-bond acceptors (Lipinski definition) is 3. The average Bonchev–Trinajstić information content (AvgIpc) is 2.68. The van der Waals surface area contributed by atoms with Crippen molar-refractivity contribution in [1.29, 1.82) is 0 Å². The molecule has 0 aromatic heterocycles. The Labute approximate surface area is 165 Å². The van der Waals surface area contributed by atoms with E-state index in [1.807, 2.05) is 24.3 Å². The predicted octanol–water partition coefficient (Wildman–Crippen LogP) is 7.18. The Bertz CT molecular complexity index is 497. The Kier molecular flexibility index (Phi) is 11.2. The van der Waals surface area contributed by atoms with E-state index in [0.29, 0.717) is 5.56 Å². The van der Waals surface area contributed by atoms with Gasteiger partial charge >= 0.3 is 5.97 Å². The second-order valence-electron chi connectivity index (χ2n) is 8.00. The summed E-state index contributed by atoms with van der Waals surface area (Å²) in [6, 6.07) is 7.77. The van der Waals surface area contributed by atoms with Gasteiger partial charge in [0.15, 0.2) is 0 Å². The van der Waals surface area contributed by atoms with E-state index in [0.717, 1.165) is 32.1 Å². The molecule has 0 radical (unpaired) electrons. The van der Waals surface area contributed by atoms with Crippen LogP contribution in [0.3, 0.4) is 0 Å². The predicted molar refractivity (Wildman–Crippen MR) is 111 cm³/mol. The molecule has 1 aromatic rings. The van der Waals surface area contributed by atoms with Crippen LogP contribution < -0.4 is 0 Å². The van der Waals surface area contributed by atoms with Gasteiger partial charge in [-0.15, -0.1) is 0 Å². The molecule has 1 fully saturated rings. The maximum atomic E-state index is 12.3. The fourth-order valence-electron chi connectivity index (χ4n) is 3.77. The van der Waals surface area contributed by atoms with E-state index in [9.17, 15) is 4.79 Å². The molecule has 0 aliphatic heterocycles. The summed E-state index contributed by atoms with van der Waals surface area (Å²) in [4.78, 5) is 23.0. The molecule has 1 aromatic carbocycles. The lowest BCUT2D eigenvalue weighted by Gasteiger charge is -2.17. The molecule has 1 aliphatic rings. The lowest BCUT2D eigenvalue weighted by atomic mass is 9.99. The highest BCUT2D eigenvalue weighted by Crippen LogP contribution is 2.19. The molecule has 1 aliphatic carbocycles. The van der Waals surface area contributed by atoms with Gasteiger partial charge in [-0.2, -0.15) is 4.89 Å². The van der Waals surface area contributed by atoms with Crippen LogP contribution in [0.15, 0.2) is 24.3 Å². The van der Waals surface area contributed by atoms with Gasteiger partial charge in [-0.3, -0.25) is 4.89 Å². The fourth-order valence-corrected chi connectivity index (χ4v) is 3.77. The molecule has 0 unspecified atom stereocenters. The van der Waals surface area contributed by atoms with Crippen LogP contribution in [0.5, 0.6) is 0 Å². The first-order valence-corrected chi connectivity index (χ1v) is 11.3. The van der Waals surface area contributed by atoms with Crippen molar-refractivity contribution in [3.8, 4) is 0 Å². The molecule has 0 saturated heterocycles. The van der Waals surface area contributed by atoms with Gasteiger partial charge in [0.25, 0.3) is 0 Å². The maximum absolute atomic E-state index is 12.3. The molecule has 152 valence electrons. The van der Waals surface area contributed by atoms with Gasteiger partial charge in [-0.1, -0.05) is 89.7 Å². The first kappa shape index (κ1) is 21.9. The zero-order chi connectivity index (χ0) is 19.2. The van der Waals surface area contributed by atoms with Gasteiger partial charge in [0.05, 0.1) is 5.56 Å². The molecule has 3 nitrogen and oxygen atoms in total. The standard InChI is InChI=1S/C24H38O3/c1-2-3-11-14-21-17-19-22(20-18-21)24(25)27-26-23-15-12-9-7-5-4-6-8-10-13-16-23/h17-20,23H,2-16H2,1H3. The van der Waals surface area contributed by atoms with Crippen LogP contribution >= 0.6 is 0 Å². The first-order valence-electron chi connectivity index (χ1n) is 11.3. The molecule has 0 spiro atoms. The molecule has 1 saturated carbocycles. The molecular formula is C24H38O3. The second-order valence-corrected chi connectivity index (χ2v) is 8.00. The molecule has 27 heavy (non-hydrogen) atoms. The van der Waals surface area contributed by atoms with Crippen molar-refractivity contribution in [2.24, 2.45) is 0 Å². The van der Waals surface area contributed by atoms with Gasteiger partial charge < -0.3 is 0 Å². The summed E-state index contributed by atoms with van der Waals surface area (Å²) in [5, 5.41) is 0. The van der Waals surface area contributed by atoms with Crippen LogP contribution in [0.2, 0.25) is 0 Å². The molecule has 0 atom stereocenters. The summed E-state index contributed by atoms with van der Waals surface area (Å²) in [7, 11) is 0. The third-order valence-electron chi connectivity index (χ3n) is 5.57. The van der Waals surface area contributed by atoms with E-state index < -0.39 is 0 Å². The van der Waals surface area contributed by atoms with Gasteiger partial charge in [-0.05, 0) is 43.4 Å². The Morgan fingerprint density at radius 1 is 0.852 bits per heavy atom. The molecule has 0 bridgehead atoms. The third kappa shape index (κ3) is 9.41. The minimum absolute atomic E-state index is 0.0432. The zero-order valence-corrected chi connectivity index (χ0v) is 17.2. The van der Waals surface area contributed by atoms with Crippen molar-refractivity contribution in [3.63, 3.8) is 0 Å². The van der Waals surface area contributed by atoms with Crippen molar-refractivity contribution >= 4 is 5.97 Å². The Morgan fingerprint density at radius 3 is 1.96 bits per heavy atom. The lowest BCUT2D eigenvalue weighted by Crippen LogP contribution is -2.17. The van der Waals surface area contributed by atoms with E-state index in [1.54, 1.807) is 0 Å². The highest BCUT2D eigenvalue weighted by Gasteiger charge is 2.15.